The minimum Gasteiger partial charge on any atom is -0.326 e. The van der Waals surface area contributed by atoms with Crippen LogP contribution in [0.5, 0.6) is 0 Å². The zero-order valence-corrected chi connectivity index (χ0v) is 17.3. The van der Waals surface area contributed by atoms with E-state index in [0.717, 1.165) is 0 Å². The normalized spacial score (nSPS) is 10.5. The highest BCUT2D eigenvalue weighted by molar-refractivity contribution is 6.09. The smallest absolute Gasteiger partial charge is 0.255 e. The third-order valence-electron chi connectivity index (χ3n) is 4.94. The molecule has 32 heavy (non-hydrogen) atoms. The van der Waals surface area contributed by atoms with E-state index in [1.807, 2.05) is 6.07 Å². The predicted octanol–water partition coefficient (Wildman–Crippen LogP) is 3.55. The topological polar surface area (TPSA) is 105 Å². The lowest BCUT2D eigenvalue weighted by Crippen LogP contribution is -2.24. The van der Waals surface area contributed by atoms with Crippen molar-refractivity contribution in [1.82, 2.24) is 15.0 Å². The molecule has 7 heteroatoms. The Hall–Kier alpha value is -4.39. The summed E-state index contributed by atoms with van der Waals surface area (Å²) in [6, 6.07) is 19.2. The second-order valence-corrected chi connectivity index (χ2v) is 7.22. The average Bonchev–Trinajstić information content (AvgIpc) is 2.82. The van der Waals surface area contributed by atoms with Crippen LogP contribution in [0.15, 0.2) is 83.9 Å². The molecule has 2 aromatic heterocycles. The summed E-state index contributed by atoms with van der Waals surface area (Å²) in [5, 5.41) is 2.76. The van der Waals surface area contributed by atoms with E-state index in [1.165, 1.54) is 0 Å². The summed E-state index contributed by atoms with van der Waals surface area (Å²) in [7, 11) is 0. The highest BCUT2D eigenvalue weighted by Gasteiger charge is 2.15. The number of H-pyrrole nitrogens is 1. The summed E-state index contributed by atoms with van der Waals surface area (Å²) >= 11 is 0. The lowest BCUT2D eigenvalue weighted by atomic mass is 10.0. The summed E-state index contributed by atoms with van der Waals surface area (Å²) in [4.78, 5) is 49.0. The number of amides is 1. The summed E-state index contributed by atoms with van der Waals surface area (Å²) in [5.41, 5.74) is 2.57. The van der Waals surface area contributed by atoms with Crippen LogP contribution in [-0.4, -0.2) is 26.6 Å². The number of carbonyl (C=O) groups excluding carboxylic acids is 2. The molecule has 4 rings (SSSR count). The van der Waals surface area contributed by atoms with E-state index in [2.05, 4.69) is 20.3 Å². The van der Waals surface area contributed by atoms with E-state index in [-0.39, 0.29) is 29.2 Å². The standard InChI is InChI=1S/C25H20N4O3/c1-16-21(25(32)29-24(27-16)19-10-6-12-26-15-19)14-22(30)28-20-11-5-9-18(13-20)23(31)17-7-3-2-4-8-17/h2-13,15H,14H2,1H3,(H,28,30)(H,27,29,32). The first-order chi connectivity index (χ1) is 15.5. The molecule has 0 bridgehead atoms. The van der Waals surface area contributed by atoms with Crippen molar-refractivity contribution in [3.63, 3.8) is 0 Å². The van der Waals surface area contributed by atoms with Crippen molar-refractivity contribution >= 4 is 17.4 Å². The number of rotatable bonds is 6. The number of pyridine rings is 1. The van der Waals surface area contributed by atoms with Crippen LogP contribution in [0.3, 0.4) is 0 Å². The lowest BCUT2D eigenvalue weighted by Gasteiger charge is -2.09. The number of aromatic amines is 1. The molecule has 0 fully saturated rings. The summed E-state index contributed by atoms with van der Waals surface area (Å²) in [6.45, 7) is 1.69. The van der Waals surface area contributed by atoms with Crippen LogP contribution in [0.1, 0.15) is 27.2 Å². The molecule has 2 N–H and O–H groups in total. The Balaban J connectivity index is 1.50. The minimum atomic E-state index is -0.376. The highest BCUT2D eigenvalue weighted by Crippen LogP contribution is 2.16. The molecule has 0 saturated heterocycles. The van der Waals surface area contributed by atoms with Crippen molar-refractivity contribution in [1.29, 1.82) is 0 Å². The van der Waals surface area contributed by atoms with Gasteiger partial charge >= 0.3 is 0 Å². The average molecular weight is 424 g/mol. The fourth-order valence-electron chi connectivity index (χ4n) is 3.32. The van der Waals surface area contributed by atoms with E-state index < -0.39 is 0 Å². The van der Waals surface area contributed by atoms with Crippen LogP contribution < -0.4 is 10.9 Å². The van der Waals surface area contributed by atoms with Gasteiger partial charge in [-0.1, -0.05) is 42.5 Å². The monoisotopic (exact) mass is 424 g/mol. The number of nitrogens with one attached hydrogen (secondary N) is 2. The summed E-state index contributed by atoms with van der Waals surface area (Å²) in [6.07, 6.45) is 3.10. The zero-order valence-electron chi connectivity index (χ0n) is 17.3. The molecule has 0 aliphatic carbocycles. The maximum Gasteiger partial charge on any atom is 0.255 e. The molecule has 0 atom stereocenters. The number of hydrogen-bond acceptors (Lipinski definition) is 5. The molecule has 0 aliphatic heterocycles. The molecule has 7 nitrogen and oxygen atoms in total. The molecule has 158 valence electrons. The Morgan fingerprint density at radius 3 is 2.47 bits per heavy atom. The molecule has 2 aromatic carbocycles. The molecule has 0 saturated carbocycles. The SMILES string of the molecule is Cc1nc(-c2cccnc2)[nH]c(=O)c1CC(=O)Nc1cccc(C(=O)c2ccccc2)c1. The van der Waals surface area contributed by atoms with Gasteiger partial charge in [-0.15, -0.1) is 0 Å². The molecular weight excluding hydrogens is 404 g/mol. The van der Waals surface area contributed by atoms with Crippen LogP contribution in [-0.2, 0) is 11.2 Å². The largest absolute Gasteiger partial charge is 0.326 e. The number of carbonyl (C=O) groups is 2. The van der Waals surface area contributed by atoms with Crippen molar-refractivity contribution in [2.24, 2.45) is 0 Å². The second-order valence-electron chi connectivity index (χ2n) is 7.22. The van der Waals surface area contributed by atoms with E-state index >= 15 is 0 Å². The number of anilines is 1. The maximum absolute atomic E-state index is 12.6. The van der Waals surface area contributed by atoms with Gasteiger partial charge in [0.25, 0.3) is 5.56 Å². The number of ketones is 1. The van der Waals surface area contributed by atoms with E-state index in [4.69, 9.17) is 0 Å². The first-order valence-electron chi connectivity index (χ1n) is 10.0. The quantitative estimate of drug-likeness (QED) is 0.461. The first-order valence-corrected chi connectivity index (χ1v) is 10.0. The number of benzene rings is 2. The molecule has 1 amide bonds. The lowest BCUT2D eigenvalue weighted by molar-refractivity contribution is -0.115. The van der Waals surface area contributed by atoms with Gasteiger partial charge in [-0.2, -0.15) is 0 Å². The van der Waals surface area contributed by atoms with E-state index in [1.54, 1.807) is 80.0 Å². The van der Waals surface area contributed by atoms with Crippen LogP contribution >= 0.6 is 0 Å². The van der Waals surface area contributed by atoms with Gasteiger partial charge in [-0.3, -0.25) is 19.4 Å². The summed E-state index contributed by atoms with van der Waals surface area (Å²) in [5.74, 6) is -0.111. The number of aryl methyl sites for hydroxylation is 1. The minimum absolute atomic E-state index is 0.135. The molecule has 0 spiro atoms. The van der Waals surface area contributed by atoms with E-state index in [9.17, 15) is 14.4 Å². The van der Waals surface area contributed by atoms with Gasteiger partial charge in [-0.05, 0) is 31.2 Å². The number of hydrogen-bond donors (Lipinski definition) is 2. The molecule has 0 radical (unpaired) electrons. The molecule has 4 aromatic rings. The van der Waals surface area contributed by atoms with E-state index in [0.29, 0.717) is 33.9 Å². The Morgan fingerprint density at radius 1 is 0.969 bits per heavy atom. The Kier molecular flexibility index (Phi) is 5.98. The predicted molar refractivity (Wildman–Crippen MR) is 121 cm³/mol. The second kappa shape index (κ2) is 9.18. The molecule has 0 unspecified atom stereocenters. The van der Waals surface area contributed by atoms with Crippen molar-refractivity contribution in [2.75, 3.05) is 5.32 Å². The molecule has 0 aliphatic rings. The summed E-state index contributed by atoms with van der Waals surface area (Å²) < 4.78 is 0. The number of nitrogens with zero attached hydrogens (tertiary/aromatic N) is 2. The molecule has 2 heterocycles. The van der Waals surface area contributed by atoms with Gasteiger partial charge in [0, 0.05) is 46.0 Å². The van der Waals surface area contributed by atoms with Crippen molar-refractivity contribution in [3.8, 4) is 11.4 Å². The third kappa shape index (κ3) is 4.67. The van der Waals surface area contributed by atoms with Gasteiger partial charge in [-0.25, -0.2) is 4.98 Å². The Labute approximate surface area is 184 Å². The number of aromatic nitrogens is 3. The maximum atomic E-state index is 12.6. The van der Waals surface area contributed by atoms with Gasteiger partial charge in [0.15, 0.2) is 5.78 Å². The highest BCUT2D eigenvalue weighted by atomic mass is 16.2. The molecular formula is C25H20N4O3. The van der Waals surface area contributed by atoms with Crippen LogP contribution in [0.4, 0.5) is 5.69 Å². The van der Waals surface area contributed by atoms with Gasteiger partial charge in [0.1, 0.15) is 5.82 Å². The van der Waals surface area contributed by atoms with Crippen LogP contribution in [0, 0.1) is 6.92 Å². The van der Waals surface area contributed by atoms with Crippen molar-refractivity contribution in [3.05, 3.63) is 112 Å². The first kappa shape index (κ1) is 20.9. The fourth-order valence-corrected chi connectivity index (χ4v) is 3.32. The third-order valence-corrected chi connectivity index (χ3v) is 4.94. The van der Waals surface area contributed by atoms with Gasteiger partial charge < -0.3 is 10.3 Å². The van der Waals surface area contributed by atoms with Crippen LogP contribution in [0.25, 0.3) is 11.4 Å². The fraction of sp³-hybridized carbons (Fsp3) is 0.0800. The Bertz CT molecular complexity index is 1330. The van der Waals surface area contributed by atoms with Crippen molar-refractivity contribution in [2.45, 2.75) is 13.3 Å². The van der Waals surface area contributed by atoms with Gasteiger partial charge in [0.05, 0.1) is 6.42 Å². The van der Waals surface area contributed by atoms with Crippen molar-refractivity contribution < 1.29 is 9.59 Å². The zero-order chi connectivity index (χ0) is 22.5. The van der Waals surface area contributed by atoms with Crippen LogP contribution in [0.2, 0.25) is 0 Å². The van der Waals surface area contributed by atoms with Gasteiger partial charge in [0.2, 0.25) is 5.91 Å². The Morgan fingerprint density at radius 2 is 1.75 bits per heavy atom.